The molecule has 1 amide bonds. The number of aromatic nitrogens is 3. The summed E-state index contributed by atoms with van der Waals surface area (Å²) in [5, 5.41) is 17.7. The summed E-state index contributed by atoms with van der Waals surface area (Å²) in [4.78, 5) is 37.1. The summed E-state index contributed by atoms with van der Waals surface area (Å²) in [6.07, 6.45) is 1.30. The molecule has 36 heavy (non-hydrogen) atoms. The second-order valence-corrected chi connectivity index (χ2v) is 11.5. The van der Waals surface area contributed by atoms with E-state index < -0.39 is 42.8 Å². The number of sulfone groups is 1. The van der Waals surface area contributed by atoms with Gasteiger partial charge in [-0.1, -0.05) is 35.5 Å². The zero-order valence-electron chi connectivity index (χ0n) is 19.1. The second kappa shape index (κ2) is 8.52. The van der Waals surface area contributed by atoms with Crippen LogP contribution in [0.15, 0.2) is 60.8 Å². The third-order valence-electron chi connectivity index (χ3n) is 6.71. The Kier molecular flexibility index (Phi) is 5.58. The lowest BCUT2D eigenvalue weighted by Crippen LogP contribution is -2.58. The molecule has 0 unspecified atom stereocenters. The highest BCUT2D eigenvalue weighted by atomic mass is 32.2. The fourth-order valence-electron chi connectivity index (χ4n) is 4.72. The monoisotopic (exact) mass is 511 g/mol. The minimum absolute atomic E-state index is 0.115. The van der Waals surface area contributed by atoms with Crippen LogP contribution in [0.4, 0.5) is 5.69 Å². The molecule has 5 rings (SSSR count). The number of fused-ring (bicyclic) bond motifs is 1. The standard InChI is InChI=1S/C23H21N5O7S/c1-23(14-26-18(12-24-25-26)16-5-3-2-4-6-16)21(27-19(29)11-20(27)36(23,33)34)22(30)35-13-15-7-9-17(10-8-15)28(31)32/h2-10,12,20-21H,11,13-14H2,1H3/t20-,21+,23+/m1/s1. The molecule has 13 heteroatoms. The van der Waals surface area contributed by atoms with E-state index in [2.05, 4.69) is 10.3 Å². The van der Waals surface area contributed by atoms with Crippen molar-refractivity contribution < 1.29 is 27.7 Å². The SMILES string of the molecule is C[C@]1(Cn2nncc2-c2ccccc2)[C@H](C(=O)OCc2ccc([N+](=O)[O-])cc2)N2C(=O)C[C@H]2S1(=O)=O. The van der Waals surface area contributed by atoms with Crippen LogP contribution in [0.3, 0.4) is 0 Å². The third kappa shape index (κ3) is 3.63. The highest BCUT2D eigenvalue weighted by Gasteiger charge is 2.70. The maximum Gasteiger partial charge on any atom is 0.330 e. The number of hydrogen-bond acceptors (Lipinski definition) is 9. The molecule has 0 bridgehead atoms. The minimum Gasteiger partial charge on any atom is -0.459 e. The quantitative estimate of drug-likeness (QED) is 0.199. The molecule has 12 nitrogen and oxygen atoms in total. The van der Waals surface area contributed by atoms with E-state index in [-0.39, 0.29) is 25.3 Å². The number of nitrogens with zero attached hydrogens (tertiary/aromatic N) is 5. The Labute approximate surface area is 205 Å². The van der Waals surface area contributed by atoms with E-state index >= 15 is 0 Å². The van der Waals surface area contributed by atoms with Crippen LogP contribution in [0.5, 0.6) is 0 Å². The van der Waals surface area contributed by atoms with Gasteiger partial charge in [0.15, 0.2) is 15.9 Å². The zero-order chi connectivity index (χ0) is 25.7. The number of β-lactam (4-membered cyclic amide) rings is 1. The summed E-state index contributed by atoms with van der Waals surface area (Å²) >= 11 is 0. The Morgan fingerprint density at radius 3 is 2.53 bits per heavy atom. The van der Waals surface area contributed by atoms with Gasteiger partial charge in [0.05, 0.1) is 29.8 Å². The van der Waals surface area contributed by atoms with E-state index in [1.54, 1.807) is 0 Å². The van der Waals surface area contributed by atoms with Gasteiger partial charge in [0.2, 0.25) is 5.91 Å². The molecule has 3 heterocycles. The lowest BCUT2D eigenvalue weighted by atomic mass is 9.96. The van der Waals surface area contributed by atoms with Gasteiger partial charge < -0.3 is 9.64 Å². The molecule has 2 aliphatic rings. The summed E-state index contributed by atoms with van der Waals surface area (Å²) in [6.45, 7) is 0.952. The van der Waals surface area contributed by atoms with E-state index in [9.17, 15) is 28.1 Å². The Bertz CT molecular complexity index is 1460. The van der Waals surface area contributed by atoms with Gasteiger partial charge in [-0.2, -0.15) is 0 Å². The molecule has 2 fully saturated rings. The topological polar surface area (TPSA) is 155 Å². The lowest BCUT2D eigenvalue weighted by molar-refractivity contribution is -0.384. The number of hydrogen-bond donors (Lipinski definition) is 0. The molecule has 2 aromatic carbocycles. The number of ether oxygens (including phenoxy) is 1. The van der Waals surface area contributed by atoms with Crippen molar-refractivity contribution in [3.63, 3.8) is 0 Å². The van der Waals surface area contributed by atoms with Crippen LogP contribution >= 0.6 is 0 Å². The van der Waals surface area contributed by atoms with Crippen molar-refractivity contribution in [2.75, 3.05) is 0 Å². The van der Waals surface area contributed by atoms with Gasteiger partial charge in [-0.25, -0.2) is 17.9 Å². The maximum atomic E-state index is 13.6. The van der Waals surface area contributed by atoms with Gasteiger partial charge in [-0.05, 0) is 24.6 Å². The highest BCUT2D eigenvalue weighted by Crippen LogP contribution is 2.47. The number of carbonyl (C=O) groups is 2. The lowest BCUT2D eigenvalue weighted by Gasteiger charge is -2.36. The first-order valence-electron chi connectivity index (χ1n) is 11.0. The Hall–Kier alpha value is -4.13. The minimum atomic E-state index is -3.99. The smallest absolute Gasteiger partial charge is 0.330 e. The largest absolute Gasteiger partial charge is 0.459 e. The number of nitro benzene ring substituents is 1. The molecule has 186 valence electrons. The molecular formula is C23H21N5O7S. The number of benzene rings is 2. The predicted molar refractivity (Wildman–Crippen MR) is 125 cm³/mol. The van der Waals surface area contributed by atoms with Gasteiger partial charge in [-0.15, -0.1) is 5.10 Å². The number of non-ortho nitro benzene ring substituents is 1. The number of rotatable bonds is 7. The summed E-state index contributed by atoms with van der Waals surface area (Å²) in [5.41, 5.74) is 1.69. The predicted octanol–water partition coefficient (Wildman–Crippen LogP) is 1.71. The Morgan fingerprint density at radius 1 is 1.19 bits per heavy atom. The molecule has 0 radical (unpaired) electrons. The number of esters is 1. The summed E-state index contributed by atoms with van der Waals surface area (Å²) < 4.78 is 32.2. The average molecular weight is 512 g/mol. The van der Waals surface area contributed by atoms with Crippen LogP contribution in [-0.2, 0) is 37.3 Å². The van der Waals surface area contributed by atoms with Gasteiger partial charge in [0, 0.05) is 17.7 Å². The first-order chi connectivity index (χ1) is 17.1. The molecule has 2 saturated heterocycles. The van der Waals surface area contributed by atoms with E-state index in [1.165, 1.54) is 42.1 Å². The summed E-state index contributed by atoms with van der Waals surface area (Å²) in [7, 11) is -3.99. The van der Waals surface area contributed by atoms with Crippen LogP contribution in [0.25, 0.3) is 11.3 Å². The first kappa shape index (κ1) is 23.6. The normalized spacial score (nSPS) is 24.1. The van der Waals surface area contributed by atoms with Gasteiger partial charge in [0.1, 0.15) is 16.7 Å². The second-order valence-electron chi connectivity index (χ2n) is 8.89. The molecular weight excluding hydrogens is 490 g/mol. The number of nitro groups is 1. The van der Waals surface area contributed by atoms with Crippen molar-refractivity contribution in [2.24, 2.45) is 0 Å². The van der Waals surface area contributed by atoms with Crippen LogP contribution in [0.2, 0.25) is 0 Å². The number of amides is 1. The molecule has 0 aliphatic carbocycles. The Morgan fingerprint density at radius 2 is 1.89 bits per heavy atom. The average Bonchev–Trinajstić information content (AvgIpc) is 3.36. The Balaban J connectivity index is 1.44. The van der Waals surface area contributed by atoms with Crippen LogP contribution in [-0.4, -0.2) is 61.3 Å². The van der Waals surface area contributed by atoms with Gasteiger partial charge >= 0.3 is 5.97 Å². The van der Waals surface area contributed by atoms with Gasteiger partial charge in [0.25, 0.3) is 5.69 Å². The molecule has 0 saturated carbocycles. The summed E-state index contributed by atoms with van der Waals surface area (Å²) in [6, 6.07) is 13.2. The maximum absolute atomic E-state index is 13.6. The van der Waals surface area contributed by atoms with E-state index in [4.69, 9.17) is 4.74 Å². The first-order valence-corrected chi connectivity index (χ1v) is 12.6. The highest BCUT2D eigenvalue weighted by molar-refractivity contribution is 7.93. The van der Waals surface area contributed by atoms with Crippen LogP contribution < -0.4 is 0 Å². The zero-order valence-corrected chi connectivity index (χ0v) is 19.9. The van der Waals surface area contributed by atoms with Crippen molar-refractivity contribution in [2.45, 2.75) is 42.7 Å². The molecule has 1 aromatic heterocycles. The molecule has 3 aromatic rings. The van der Waals surface area contributed by atoms with Crippen molar-refractivity contribution >= 4 is 27.4 Å². The van der Waals surface area contributed by atoms with Crippen molar-refractivity contribution in [1.29, 1.82) is 0 Å². The molecule has 0 N–H and O–H groups in total. The van der Waals surface area contributed by atoms with Crippen LogP contribution in [0.1, 0.15) is 18.9 Å². The fourth-order valence-corrected chi connectivity index (χ4v) is 7.07. The van der Waals surface area contributed by atoms with Crippen molar-refractivity contribution in [3.05, 3.63) is 76.5 Å². The molecule has 3 atom stereocenters. The third-order valence-corrected chi connectivity index (χ3v) is 9.48. The van der Waals surface area contributed by atoms with Crippen molar-refractivity contribution in [3.8, 4) is 11.3 Å². The number of carbonyl (C=O) groups excluding carboxylic acids is 2. The van der Waals surface area contributed by atoms with Gasteiger partial charge in [-0.3, -0.25) is 14.9 Å². The van der Waals surface area contributed by atoms with Crippen molar-refractivity contribution in [1.82, 2.24) is 19.9 Å². The van der Waals surface area contributed by atoms with E-state index in [0.29, 0.717) is 11.3 Å². The fraction of sp³-hybridized carbons (Fsp3) is 0.304. The molecule has 0 spiro atoms. The molecule has 2 aliphatic heterocycles. The van der Waals surface area contributed by atoms with Crippen LogP contribution in [0, 0.1) is 10.1 Å². The van der Waals surface area contributed by atoms with E-state index in [1.807, 2.05) is 30.3 Å². The summed E-state index contributed by atoms with van der Waals surface area (Å²) in [5.74, 6) is -1.33. The van der Waals surface area contributed by atoms with E-state index in [0.717, 1.165) is 10.5 Å².